The summed E-state index contributed by atoms with van der Waals surface area (Å²) in [6.45, 7) is 6.02. The van der Waals surface area contributed by atoms with Gasteiger partial charge in [0.2, 0.25) is 5.91 Å². The van der Waals surface area contributed by atoms with Crippen LogP contribution in [0.3, 0.4) is 0 Å². The molecule has 1 atom stereocenters. The Kier molecular flexibility index (Phi) is 6.59. The summed E-state index contributed by atoms with van der Waals surface area (Å²) in [6.07, 6.45) is 1.42. The molecule has 1 heterocycles. The van der Waals surface area contributed by atoms with Crippen molar-refractivity contribution >= 4 is 29.4 Å². The number of amides is 2. The number of hydrogen-bond donors (Lipinski definition) is 3. The van der Waals surface area contributed by atoms with Crippen molar-refractivity contribution in [2.75, 3.05) is 11.6 Å². The topological polar surface area (TPSA) is 86.9 Å². The number of benzene rings is 1. The summed E-state index contributed by atoms with van der Waals surface area (Å²) < 4.78 is 26.4. The summed E-state index contributed by atoms with van der Waals surface area (Å²) in [7, 11) is 0. The molecular formula is C18H22F2N4O2S. The molecule has 146 valence electrons. The van der Waals surface area contributed by atoms with Crippen molar-refractivity contribution in [2.24, 2.45) is 0 Å². The number of nitrogens with zero attached hydrogens (tertiary/aromatic N) is 1. The quantitative estimate of drug-likeness (QED) is 0.655. The van der Waals surface area contributed by atoms with Crippen molar-refractivity contribution in [3.63, 3.8) is 0 Å². The molecule has 0 saturated heterocycles. The summed E-state index contributed by atoms with van der Waals surface area (Å²) in [5.41, 5.74) is 0.895. The molecule has 9 heteroatoms. The maximum absolute atomic E-state index is 13.2. The molecule has 0 radical (unpaired) electrons. The van der Waals surface area contributed by atoms with E-state index in [1.54, 1.807) is 12.3 Å². The van der Waals surface area contributed by atoms with Gasteiger partial charge in [0.1, 0.15) is 11.6 Å². The van der Waals surface area contributed by atoms with Crippen molar-refractivity contribution in [3.8, 4) is 0 Å². The lowest BCUT2D eigenvalue weighted by molar-refractivity contribution is -0.124. The molecule has 2 aromatic rings. The zero-order chi connectivity index (χ0) is 20.2. The maximum Gasteiger partial charge on any atom is 0.258 e. The normalized spacial score (nSPS) is 12.5. The zero-order valence-corrected chi connectivity index (χ0v) is 16.3. The molecule has 2 amide bonds. The van der Waals surface area contributed by atoms with Gasteiger partial charge < -0.3 is 10.6 Å². The number of halogens is 2. The third kappa shape index (κ3) is 6.06. The van der Waals surface area contributed by atoms with Crippen LogP contribution >= 0.6 is 11.8 Å². The van der Waals surface area contributed by atoms with Gasteiger partial charge in [-0.05, 0) is 24.0 Å². The van der Waals surface area contributed by atoms with Gasteiger partial charge in [-0.25, -0.2) is 8.78 Å². The van der Waals surface area contributed by atoms with E-state index < -0.39 is 28.8 Å². The Hall–Kier alpha value is -2.42. The van der Waals surface area contributed by atoms with E-state index in [0.29, 0.717) is 5.82 Å². The molecule has 1 aromatic heterocycles. The van der Waals surface area contributed by atoms with Gasteiger partial charge in [-0.2, -0.15) is 5.10 Å². The van der Waals surface area contributed by atoms with E-state index in [1.807, 2.05) is 20.8 Å². The molecule has 1 unspecified atom stereocenters. The van der Waals surface area contributed by atoms with Crippen LogP contribution in [-0.2, 0) is 21.4 Å². The van der Waals surface area contributed by atoms with Crippen molar-refractivity contribution in [2.45, 2.75) is 38.0 Å². The fourth-order valence-electron chi connectivity index (χ4n) is 2.29. The summed E-state index contributed by atoms with van der Waals surface area (Å²) >= 11 is 1.12. The SMILES string of the molecule is CSC(NC(=O)Cc1cc(F)cc(F)c1)C(=O)Nc1cc(C(C)(C)C)[nH]n1. The predicted octanol–water partition coefficient (Wildman–Crippen LogP) is 2.97. The van der Waals surface area contributed by atoms with Crippen molar-refractivity contribution < 1.29 is 18.4 Å². The Bertz CT molecular complexity index is 813. The van der Waals surface area contributed by atoms with E-state index in [1.165, 1.54) is 0 Å². The molecule has 0 bridgehead atoms. The van der Waals surface area contributed by atoms with Gasteiger partial charge in [-0.1, -0.05) is 20.8 Å². The highest BCUT2D eigenvalue weighted by Crippen LogP contribution is 2.22. The molecule has 0 aliphatic carbocycles. The zero-order valence-electron chi connectivity index (χ0n) is 15.5. The number of anilines is 1. The van der Waals surface area contributed by atoms with Crippen LogP contribution in [-0.4, -0.2) is 33.6 Å². The monoisotopic (exact) mass is 396 g/mol. The Labute approximate surface area is 160 Å². The van der Waals surface area contributed by atoms with Gasteiger partial charge >= 0.3 is 0 Å². The molecule has 0 aliphatic heterocycles. The van der Waals surface area contributed by atoms with Crippen LogP contribution in [0, 0.1) is 11.6 Å². The fourth-order valence-corrected chi connectivity index (χ4v) is 2.81. The smallest absolute Gasteiger partial charge is 0.258 e. The maximum atomic E-state index is 13.2. The van der Waals surface area contributed by atoms with Crippen LogP contribution in [0.2, 0.25) is 0 Å². The first-order valence-corrected chi connectivity index (χ1v) is 9.51. The van der Waals surface area contributed by atoms with Crippen LogP contribution in [0.4, 0.5) is 14.6 Å². The lowest BCUT2D eigenvalue weighted by atomic mass is 9.92. The highest BCUT2D eigenvalue weighted by Gasteiger charge is 2.22. The highest BCUT2D eigenvalue weighted by molar-refractivity contribution is 7.99. The molecule has 2 rings (SSSR count). The first-order chi connectivity index (χ1) is 12.6. The van der Waals surface area contributed by atoms with Crippen molar-refractivity contribution in [3.05, 3.63) is 47.2 Å². The number of aromatic nitrogens is 2. The van der Waals surface area contributed by atoms with Crippen LogP contribution in [0.1, 0.15) is 32.0 Å². The second-order valence-corrected chi connectivity index (χ2v) is 7.99. The molecule has 27 heavy (non-hydrogen) atoms. The minimum absolute atomic E-state index is 0.149. The summed E-state index contributed by atoms with van der Waals surface area (Å²) in [6, 6.07) is 4.62. The van der Waals surface area contributed by atoms with Gasteiger partial charge in [0.05, 0.1) is 6.42 Å². The highest BCUT2D eigenvalue weighted by atomic mass is 32.2. The average molecular weight is 396 g/mol. The largest absolute Gasteiger partial charge is 0.336 e. The standard InChI is InChI=1S/C18H22F2N4O2S/c1-18(2,3)13-9-14(24-23-13)21-16(26)17(27-4)22-15(25)7-10-5-11(19)8-12(20)6-10/h5-6,8-9,17H,7H2,1-4H3,(H,22,25)(H2,21,23,24,26). The van der Waals surface area contributed by atoms with E-state index in [9.17, 15) is 18.4 Å². The second-order valence-electron chi connectivity index (χ2n) is 7.04. The molecule has 6 nitrogen and oxygen atoms in total. The molecule has 0 aliphatic rings. The molecule has 1 aromatic carbocycles. The minimum atomic E-state index is -0.870. The first-order valence-electron chi connectivity index (χ1n) is 8.22. The predicted molar refractivity (Wildman–Crippen MR) is 101 cm³/mol. The number of hydrogen-bond acceptors (Lipinski definition) is 4. The lowest BCUT2D eigenvalue weighted by Gasteiger charge is -2.16. The summed E-state index contributed by atoms with van der Waals surface area (Å²) in [5.74, 6) is -2.14. The number of thioether (sulfide) groups is 1. The van der Waals surface area contributed by atoms with Crippen LogP contribution < -0.4 is 10.6 Å². The lowest BCUT2D eigenvalue weighted by Crippen LogP contribution is -2.42. The second kappa shape index (κ2) is 8.51. The Morgan fingerprint density at radius 3 is 2.33 bits per heavy atom. The number of carbonyl (C=O) groups excluding carboxylic acids is 2. The minimum Gasteiger partial charge on any atom is -0.336 e. The Balaban J connectivity index is 1.98. The van der Waals surface area contributed by atoms with Gasteiger partial charge in [-0.15, -0.1) is 11.8 Å². The average Bonchev–Trinajstić information content (AvgIpc) is 3.00. The van der Waals surface area contributed by atoms with Crippen LogP contribution in [0.15, 0.2) is 24.3 Å². The van der Waals surface area contributed by atoms with E-state index in [0.717, 1.165) is 35.7 Å². The number of carbonyl (C=O) groups is 2. The fraction of sp³-hybridized carbons (Fsp3) is 0.389. The van der Waals surface area contributed by atoms with E-state index in [4.69, 9.17) is 0 Å². The number of H-pyrrole nitrogens is 1. The number of aromatic amines is 1. The molecular weight excluding hydrogens is 374 g/mol. The van der Waals surface area contributed by atoms with E-state index in [-0.39, 0.29) is 17.4 Å². The summed E-state index contributed by atoms with van der Waals surface area (Å²) in [4.78, 5) is 24.5. The van der Waals surface area contributed by atoms with Crippen LogP contribution in [0.25, 0.3) is 0 Å². The summed E-state index contributed by atoms with van der Waals surface area (Å²) in [5, 5.41) is 11.2. The number of rotatable bonds is 6. The molecule has 0 spiro atoms. The van der Waals surface area contributed by atoms with Crippen LogP contribution in [0.5, 0.6) is 0 Å². The van der Waals surface area contributed by atoms with Crippen molar-refractivity contribution in [1.29, 1.82) is 0 Å². The van der Waals surface area contributed by atoms with Crippen molar-refractivity contribution in [1.82, 2.24) is 15.5 Å². The third-order valence-corrected chi connectivity index (χ3v) is 4.49. The number of nitrogens with one attached hydrogen (secondary N) is 3. The Morgan fingerprint density at radius 2 is 1.81 bits per heavy atom. The van der Waals surface area contributed by atoms with Gasteiger partial charge in [0.15, 0.2) is 11.2 Å². The third-order valence-electron chi connectivity index (χ3n) is 3.69. The van der Waals surface area contributed by atoms with Gasteiger partial charge in [0.25, 0.3) is 5.91 Å². The molecule has 0 saturated carbocycles. The molecule has 3 N–H and O–H groups in total. The van der Waals surface area contributed by atoms with E-state index >= 15 is 0 Å². The Morgan fingerprint density at radius 1 is 1.19 bits per heavy atom. The van der Waals surface area contributed by atoms with Gasteiger partial charge in [-0.3, -0.25) is 14.7 Å². The first kappa shape index (κ1) is 20.9. The van der Waals surface area contributed by atoms with Gasteiger partial charge in [0, 0.05) is 23.2 Å². The van der Waals surface area contributed by atoms with E-state index in [2.05, 4.69) is 20.8 Å². The molecule has 0 fully saturated rings.